The molecule has 64 valence electrons. The first-order valence-corrected chi connectivity index (χ1v) is 5.84. The van der Waals surface area contributed by atoms with Crippen molar-refractivity contribution >= 4 is 27.7 Å². The molecule has 1 nitrogen and oxygen atoms in total. The number of nitrogens with two attached hydrogens (primary N) is 1. The summed E-state index contributed by atoms with van der Waals surface area (Å²) in [5, 5.41) is 0. The largest absolute Gasteiger partial charge is 0.323 e. The Morgan fingerprint density at radius 3 is 3.08 bits per heavy atom. The maximum Gasteiger partial charge on any atom is 0.0390 e. The molecule has 0 amide bonds. The van der Waals surface area contributed by atoms with Crippen LogP contribution in [0.5, 0.6) is 0 Å². The molecule has 0 fully saturated rings. The minimum atomic E-state index is 0.219. The zero-order valence-electron chi connectivity index (χ0n) is 6.59. The van der Waals surface area contributed by atoms with E-state index >= 15 is 0 Å². The van der Waals surface area contributed by atoms with Crippen molar-refractivity contribution in [3.8, 4) is 0 Å². The van der Waals surface area contributed by atoms with Crippen molar-refractivity contribution in [1.29, 1.82) is 0 Å². The SMILES string of the molecule is N[C@H]1CSCc2c(Br)cccc21. The Bertz CT molecular complexity index is 301. The molecular formula is C9H10BrNS. The Hall–Kier alpha value is 0.0100. The second-order valence-corrected chi connectivity index (χ2v) is 4.81. The molecule has 2 rings (SSSR count). The van der Waals surface area contributed by atoms with Gasteiger partial charge in [0.2, 0.25) is 0 Å². The van der Waals surface area contributed by atoms with E-state index in [1.54, 1.807) is 0 Å². The fourth-order valence-electron chi connectivity index (χ4n) is 1.45. The van der Waals surface area contributed by atoms with Gasteiger partial charge in [0.15, 0.2) is 0 Å². The van der Waals surface area contributed by atoms with Crippen molar-refractivity contribution in [2.45, 2.75) is 11.8 Å². The van der Waals surface area contributed by atoms with Crippen molar-refractivity contribution in [2.75, 3.05) is 5.75 Å². The summed E-state index contributed by atoms with van der Waals surface area (Å²) in [6.45, 7) is 0. The minimum Gasteiger partial charge on any atom is -0.323 e. The summed E-state index contributed by atoms with van der Waals surface area (Å²) in [7, 11) is 0. The summed E-state index contributed by atoms with van der Waals surface area (Å²) in [5.74, 6) is 2.13. The van der Waals surface area contributed by atoms with Crippen LogP contribution in [0.4, 0.5) is 0 Å². The maximum atomic E-state index is 5.97. The first-order valence-electron chi connectivity index (χ1n) is 3.89. The lowest BCUT2D eigenvalue weighted by Gasteiger charge is -2.22. The van der Waals surface area contributed by atoms with Crippen LogP contribution in [0, 0.1) is 0 Å². The van der Waals surface area contributed by atoms with Gasteiger partial charge in [-0.25, -0.2) is 0 Å². The van der Waals surface area contributed by atoms with Gasteiger partial charge < -0.3 is 5.73 Å². The van der Waals surface area contributed by atoms with Crippen molar-refractivity contribution in [3.05, 3.63) is 33.8 Å². The van der Waals surface area contributed by atoms with Gasteiger partial charge in [-0.2, -0.15) is 11.8 Å². The van der Waals surface area contributed by atoms with E-state index in [9.17, 15) is 0 Å². The molecule has 1 aromatic carbocycles. The van der Waals surface area contributed by atoms with E-state index in [2.05, 4.69) is 34.1 Å². The molecule has 2 N–H and O–H groups in total. The molecule has 0 radical (unpaired) electrons. The van der Waals surface area contributed by atoms with Crippen LogP contribution in [0.2, 0.25) is 0 Å². The molecular weight excluding hydrogens is 234 g/mol. The lowest BCUT2D eigenvalue weighted by Crippen LogP contribution is -2.18. The summed E-state index contributed by atoms with van der Waals surface area (Å²) in [5.41, 5.74) is 8.66. The lowest BCUT2D eigenvalue weighted by atomic mass is 10.0. The third-order valence-corrected chi connectivity index (χ3v) is 3.93. The Balaban J connectivity index is 2.52. The molecule has 1 heterocycles. The third-order valence-electron chi connectivity index (χ3n) is 2.10. The molecule has 1 atom stereocenters. The predicted octanol–water partition coefficient (Wildman–Crippen LogP) is 2.70. The fourth-order valence-corrected chi connectivity index (χ4v) is 3.24. The second kappa shape index (κ2) is 3.40. The number of thioether (sulfide) groups is 1. The van der Waals surface area contributed by atoms with Gasteiger partial charge in [-0.1, -0.05) is 28.1 Å². The Morgan fingerprint density at radius 1 is 1.50 bits per heavy atom. The van der Waals surface area contributed by atoms with Gasteiger partial charge in [-0.3, -0.25) is 0 Å². The molecule has 1 aromatic rings. The van der Waals surface area contributed by atoms with Crippen LogP contribution in [-0.2, 0) is 5.75 Å². The van der Waals surface area contributed by atoms with Gasteiger partial charge in [0.05, 0.1) is 0 Å². The summed E-state index contributed by atoms with van der Waals surface area (Å²) in [6.07, 6.45) is 0. The van der Waals surface area contributed by atoms with Crippen LogP contribution in [0.1, 0.15) is 17.2 Å². The fraction of sp³-hybridized carbons (Fsp3) is 0.333. The quantitative estimate of drug-likeness (QED) is 0.759. The van der Waals surface area contributed by atoms with E-state index in [0.29, 0.717) is 0 Å². The van der Waals surface area contributed by atoms with E-state index in [1.807, 2.05) is 11.8 Å². The first kappa shape index (κ1) is 8.60. The molecule has 1 aliphatic heterocycles. The predicted molar refractivity (Wildman–Crippen MR) is 57.2 cm³/mol. The summed E-state index contributed by atoms with van der Waals surface area (Å²) in [6, 6.07) is 6.48. The van der Waals surface area contributed by atoms with Gasteiger partial charge in [0.25, 0.3) is 0 Å². The van der Waals surface area contributed by atoms with Gasteiger partial charge in [-0.15, -0.1) is 0 Å². The van der Waals surface area contributed by atoms with E-state index in [1.165, 1.54) is 15.6 Å². The summed E-state index contributed by atoms with van der Waals surface area (Å²) < 4.78 is 1.20. The molecule has 3 heteroatoms. The van der Waals surface area contributed by atoms with Gasteiger partial charge >= 0.3 is 0 Å². The van der Waals surface area contributed by atoms with Crippen LogP contribution in [0.3, 0.4) is 0 Å². The van der Waals surface area contributed by atoms with Gasteiger partial charge in [-0.05, 0) is 17.2 Å². The highest BCUT2D eigenvalue weighted by Crippen LogP contribution is 2.34. The summed E-state index contributed by atoms with van der Waals surface area (Å²) in [4.78, 5) is 0. The zero-order valence-corrected chi connectivity index (χ0v) is 8.99. The standard InChI is InChI=1S/C9H10BrNS/c10-8-3-1-2-6-7(8)4-12-5-9(6)11/h1-3,9H,4-5,11H2/t9-/m0/s1. The lowest BCUT2D eigenvalue weighted by molar-refractivity contribution is 0.808. The number of halogens is 1. The van der Waals surface area contributed by atoms with Gasteiger partial charge in [0.1, 0.15) is 0 Å². The highest BCUT2D eigenvalue weighted by molar-refractivity contribution is 9.10. The van der Waals surface area contributed by atoms with Crippen LogP contribution in [0.15, 0.2) is 22.7 Å². The van der Waals surface area contributed by atoms with Crippen molar-refractivity contribution < 1.29 is 0 Å². The number of rotatable bonds is 0. The highest BCUT2D eigenvalue weighted by atomic mass is 79.9. The second-order valence-electron chi connectivity index (χ2n) is 2.93. The Kier molecular flexibility index (Phi) is 2.44. The molecule has 0 aromatic heterocycles. The molecule has 0 saturated heterocycles. The number of hydrogen-bond donors (Lipinski definition) is 1. The Morgan fingerprint density at radius 2 is 2.33 bits per heavy atom. The smallest absolute Gasteiger partial charge is 0.0390 e. The summed E-state index contributed by atoms with van der Waals surface area (Å²) >= 11 is 5.45. The van der Waals surface area contributed by atoms with E-state index in [0.717, 1.165) is 11.5 Å². The zero-order chi connectivity index (χ0) is 8.55. The molecule has 12 heavy (non-hydrogen) atoms. The molecule has 0 saturated carbocycles. The first-order chi connectivity index (χ1) is 5.79. The molecule has 0 bridgehead atoms. The van der Waals surface area contributed by atoms with E-state index in [4.69, 9.17) is 5.73 Å². The van der Waals surface area contributed by atoms with E-state index < -0.39 is 0 Å². The minimum absolute atomic E-state index is 0.219. The molecule has 0 spiro atoms. The topological polar surface area (TPSA) is 26.0 Å². The van der Waals surface area contributed by atoms with Crippen molar-refractivity contribution in [3.63, 3.8) is 0 Å². The van der Waals surface area contributed by atoms with Crippen LogP contribution >= 0.6 is 27.7 Å². The average Bonchev–Trinajstić information content (AvgIpc) is 2.07. The Labute approximate surface area is 84.9 Å². The number of benzene rings is 1. The van der Waals surface area contributed by atoms with Crippen molar-refractivity contribution in [2.24, 2.45) is 5.73 Å². The van der Waals surface area contributed by atoms with Gasteiger partial charge in [0, 0.05) is 22.0 Å². The normalized spacial score (nSPS) is 22.0. The van der Waals surface area contributed by atoms with E-state index in [-0.39, 0.29) is 6.04 Å². The number of fused-ring (bicyclic) bond motifs is 1. The molecule has 0 unspecified atom stereocenters. The number of hydrogen-bond acceptors (Lipinski definition) is 2. The highest BCUT2D eigenvalue weighted by Gasteiger charge is 2.18. The van der Waals surface area contributed by atoms with Crippen LogP contribution < -0.4 is 5.73 Å². The molecule has 1 aliphatic rings. The molecule has 0 aliphatic carbocycles. The maximum absolute atomic E-state index is 5.97. The average molecular weight is 244 g/mol. The third kappa shape index (κ3) is 1.41. The van der Waals surface area contributed by atoms with Crippen LogP contribution in [-0.4, -0.2) is 5.75 Å². The monoisotopic (exact) mass is 243 g/mol. The van der Waals surface area contributed by atoms with Crippen LogP contribution in [0.25, 0.3) is 0 Å². The van der Waals surface area contributed by atoms with Crippen molar-refractivity contribution in [1.82, 2.24) is 0 Å².